The summed E-state index contributed by atoms with van der Waals surface area (Å²) in [6, 6.07) is 0. The Morgan fingerprint density at radius 1 is 1.15 bits per heavy atom. The molecular weight excluding hydrogens is 270 g/mol. The summed E-state index contributed by atoms with van der Waals surface area (Å²) in [5, 5.41) is 0. The first-order chi connectivity index (χ1) is 8.94. The highest BCUT2D eigenvalue weighted by atomic mass is 19.4. The summed E-state index contributed by atoms with van der Waals surface area (Å²) in [6.07, 6.45) is -1.87. The fourth-order valence-electron chi connectivity index (χ4n) is 1.61. The van der Waals surface area contributed by atoms with E-state index in [1.54, 1.807) is 0 Å². The third-order valence-corrected chi connectivity index (χ3v) is 3.59. The number of allylic oxidation sites excluding steroid dienone is 4. The minimum Gasteiger partial charge on any atom is -0.404 e. The summed E-state index contributed by atoms with van der Waals surface area (Å²) >= 11 is 0. The van der Waals surface area contributed by atoms with Gasteiger partial charge in [-0.05, 0) is 39.2 Å². The van der Waals surface area contributed by atoms with Crippen molar-refractivity contribution in [2.24, 2.45) is 5.73 Å². The monoisotopic (exact) mass is 289 g/mol. The van der Waals surface area contributed by atoms with Gasteiger partial charge in [0.25, 0.3) is 0 Å². The van der Waals surface area contributed by atoms with Crippen molar-refractivity contribution in [3.63, 3.8) is 0 Å². The van der Waals surface area contributed by atoms with Gasteiger partial charge < -0.3 is 15.0 Å². The molecule has 0 bridgehead atoms. The Bertz CT molecular complexity index is 437. The van der Waals surface area contributed by atoms with Crippen molar-refractivity contribution in [1.29, 1.82) is 0 Å². The van der Waals surface area contributed by atoms with E-state index in [2.05, 4.69) is 6.58 Å². The molecule has 7 heteroatoms. The average molecular weight is 289 g/mol. The second-order valence-electron chi connectivity index (χ2n) is 5.56. The molecule has 1 aliphatic rings. The fourth-order valence-corrected chi connectivity index (χ4v) is 1.61. The maximum absolute atomic E-state index is 12.7. The molecule has 0 aromatic carbocycles. The van der Waals surface area contributed by atoms with Gasteiger partial charge in [0.05, 0.1) is 16.8 Å². The summed E-state index contributed by atoms with van der Waals surface area (Å²) in [5.41, 5.74) is 2.96. The fraction of sp³-hybridized carbons (Fsp3) is 0.538. The molecular formula is C13H19BF3NO2. The Kier molecular flexibility index (Phi) is 4.46. The van der Waals surface area contributed by atoms with E-state index in [0.717, 1.165) is 6.08 Å². The molecule has 0 amide bonds. The Morgan fingerprint density at radius 3 is 1.90 bits per heavy atom. The lowest BCUT2D eigenvalue weighted by atomic mass is 9.77. The van der Waals surface area contributed by atoms with Gasteiger partial charge in [-0.15, -0.1) is 0 Å². The topological polar surface area (TPSA) is 44.5 Å². The van der Waals surface area contributed by atoms with Crippen LogP contribution in [0.15, 0.2) is 36.0 Å². The SMILES string of the molecule is C=C/C(=C\C(=C/N)C(F)(F)F)B1OC(C)(C)C(C)(C)O1. The van der Waals surface area contributed by atoms with Crippen molar-refractivity contribution in [3.05, 3.63) is 36.0 Å². The van der Waals surface area contributed by atoms with Gasteiger partial charge in [0.1, 0.15) is 0 Å². The van der Waals surface area contributed by atoms with E-state index in [-0.39, 0.29) is 5.47 Å². The molecule has 1 saturated heterocycles. The van der Waals surface area contributed by atoms with E-state index in [4.69, 9.17) is 15.0 Å². The van der Waals surface area contributed by atoms with Gasteiger partial charge in [0.2, 0.25) is 0 Å². The summed E-state index contributed by atoms with van der Waals surface area (Å²) in [5.74, 6) is 0. The lowest BCUT2D eigenvalue weighted by Gasteiger charge is -2.32. The number of hydrogen-bond donors (Lipinski definition) is 1. The average Bonchev–Trinajstić information content (AvgIpc) is 2.47. The zero-order valence-corrected chi connectivity index (χ0v) is 12.0. The molecule has 0 aromatic heterocycles. The maximum Gasteiger partial charge on any atom is 0.494 e. The van der Waals surface area contributed by atoms with Crippen LogP contribution < -0.4 is 5.73 Å². The molecule has 0 aliphatic carbocycles. The van der Waals surface area contributed by atoms with Gasteiger partial charge in [0.15, 0.2) is 0 Å². The third-order valence-electron chi connectivity index (χ3n) is 3.59. The summed E-state index contributed by atoms with van der Waals surface area (Å²) < 4.78 is 49.5. The molecule has 0 radical (unpaired) electrons. The smallest absolute Gasteiger partial charge is 0.404 e. The molecule has 112 valence electrons. The lowest BCUT2D eigenvalue weighted by molar-refractivity contribution is -0.0883. The maximum atomic E-state index is 12.7. The number of halogens is 3. The number of alkyl halides is 3. The molecule has 1 heterocycles. The van der Waals surface area contributed by atoms with Gasteiger partial charge >= 0.3 is 13.3 Å². The first-order valence-electron chi connectivity index (χ1n) is 6.13. The van der Waals surface area contributed by atoms with Crippen molar-refractivity contribution in [2.75, 3.05) is 0 Å². The van der Waals surface area contributed by atoms with Crippen LogP contribution in [0.2, 0.25) is 0 Å². The molecule has 1 aliphatic heterocycles. The van der Waals surface area contributed by atoms with Crippen LogP contribution in [0.25, 0.3) is 0 Å². The molecule has 20 heavy (non-hydrogen) atoms. The highest BCUT2D eigenvalue weighted by molar-refractivity contribution is 6.55. The van der Waals surface area contributed by atoms with Crippen molar-refractivity contribution in [1.82, 2.24) is 0 Å². The van der Waals surface area contributed by atoms with Crippen molar-refractivity contribution in [2.45, 2.75) is 45.1 Å². The van der Waals surface area contributed by atoms with Crippen LogP contribution in [-0.4, -0.2) is 24.5 Å². The van der Waals surface area contributed by atoms with E-state index in [1.807, 2.05) is 27.7 Å². The molecule has 1 rings (SSSR count). The summed E-state index contributed by atoms with van der Waals surface area (Å²) in [6.45, 7) is 10.8. The second-order valence-corrected chi connectivity index (χ2v) is 5.56. The molecule has 0 atom stereocenters. The molecule has 1 fully saturated rings. The molecule has 0 saturated carbocycles. The zero-order chi connectivity index (χ0) is 15.8. The van der Waals surface area contributed by atoms with E-state index < -0.39 is 30.1 Å². The Morgan fingerprint density at radius 2 is 1.60 bits per heavy atom. The van der Waals surface area contributed by atoms with E-state index >= 15 is 0 Å². The van der Waals surface area contributed by atoms with Crippen LogP contribution in [0.5, 0.6) is 0 Å². The Hall–Kier alpha value is -1.21. The lowest BCUT2D eigenvalue weighted by Crippen LogP contribution is -2.41. The number of nitrogens with two attached hydrogens (primary N) is 1. The second kappa shape index (κ2) is 5.29. The summed E-state index contributed by atoms with van der Waals surface area (Å²) in [7, 11) is -0.908. The van der Waals surface area contributed by atoms with Crippen LogP contribution >= 0.6 is 0 Å². The molecule has 3 nitrogen and oxygen atoms in total. The summed E-state index contributed by atoms with van der Waals surface area (Å²) in [4.78, 5) is 0. The molecule has 2 N–H and O–H groups in total. The van der Waals surface area contributed by atoms with E-state index in [9.17, 15) is 13.2 Å². The van der Waals surface area contributed by atoms with Crippen LogP contribution in [0.4, 0.5) is 13.2 Å². The minimum absolute atomic E-state index is 0.178. The first-order valence-corrected chi connectivity index (χ1v) is 6.13. The van der Waals surface area contributed by atoms with E-state index in [1.165, 1.54) is 6.08 Å². The quantitative estimate of drug-likeness (QED) is 0.641. The predicted octanol–water partition coefficient (Wildman–Crippen LogP) is 3.14. The van der Waals surface area contributed by atoms with Gasteiger partial charge in [-0.2, -0.15) is 13.2 Å². The highest BCUT2D eigenvalue weighted by Crippen LogP contribution is 2.39. The zero-order valence-electron chi connectivity index (χ0n) is 12.0. The third kappa shape index (κ3) is 3.27. The number of rotatable bonds is 3. The Balaban J connectivity index is 3.09. The Labute approximate surface area is 117 Å². The van der Waals surface area contributed by atoms with E-state index in [0.29, 0.717) is 6.20 Å². The van der Waals surface area contributed by atoms with Gasteiger partial charge in [-0.1, -0.05) is 12.7 Å². The van der Waals surface area contributed by atoms with Gasteiger partial charge in [-0.3, -0.25) is 0 Å². The van der Waals surface area contributed by atoms with Crippen molar-refractivity contribution < 1.29 is 22.5 Å². The standard InChI is InChI=1S/C13H19BF3NO2/c1-6-10(7-9(8-18)13(15,16)17)14-19-11(2,3)12(4,5)20-14/h6-8H,1,18H2,2-5H3/b9-8+,10-7+. The molecule has 0 unspecified atom stereocenters. The van der Waals surface area contributed by atoms with Crippen molar-refractivity contribution in [3.8, 4) is 0 Å². The van der Waals surface area contributed by atoms with Crippen LogP contribution in [0.3, 0.4) is 0 Å². The van der Waals surface area contributed by atoms with Crippen molar-refractivity contribution >= 4 is 7.12 Å². The first kappa shape index (κ1) is 16.8. The normalized spacial score (nSPS) is 23.1. The minimum atomic E-state index is -4.54. The molecule has 0 spiro atoms. The van der Waals surface area contributed by atoms with Crippen LogP contribution in [-0.2, 0) is 9.31 Å². The largest absolute Gasteiger partial charge is 0.494 e. The predicted molar refractivity (Wildman–Crippen MR) is 72.7 cm³/mol. The van der Waals surface area contributed by atoms with Crippen LogP contribution in [0, 0.1) is 0 Å². The van der Waals surface area contributed by atoms with Gasteiger partial charge in [-0.25, -0.2) is 0 Å². The molecule has 0 aromatic rings. The highest BCUT2D eigenvalue weighted by Gasteiger charge is 2.52. The van der Waals surface area contributed by atoms with Gasteiger partial charge in [0, 0.05) is 6.20 Å². The van der Waals surface area contributed by atoms with Crippen LogP contribution in [0.1, 0.15) is 27.7 Å². The number of hydrogen-bond acceptors (Lipinski definition) is 3.